The molecule has 0 atom stereocenters. The maximum atomic E-state index is 11.2. The summed E-state index contributed by atoms with van der Waals surface area (Å²) in [4.78, 5) is 22.8. The molecule has 1 aliphatic rings. The van der Waals surface area contributed by atoms with Crippen molar-refractivity contribution in [1.82, 2.24) is 4.57 Å². The molecular formula is C6H9NO2SSi. The molecule has 0 aromatic carbocycles. The lowest BCUT2D eigenvalue weighted by Gasteiger charge is -2.01. The zero-order valence-electron chi connectivity index (χ0n) is 6.67. The van der Waals surface area contributed by atoms with E-state index in [1.54, 1.807) is 0 Å². The van der Waals surface area contributed by atoms with Crippen LogP contribution >= 0.6 is 11.8 Å². The lowest BCUT2D eigenvalue weighted by Crippen LogP contribution is -2.24. The Labute approximate surface area is 72.3 Å². The summed E-state index contributed by atoms with van der Waals surface area (Å²) in [7, 11) is 0.484. The summed E-state index contributed by atoms with van der Waals surface area (Å²) in [6, 6.07) is 0. The Bertz CT molecular complexity index is 257. The van der Waals surface area contributed by atoms with Crippen LogP contribution in [-0.4, -0.2) is 26.1 Å². The van der Waals surface area contributed by atoms with E-state index in [2.05, 4.69) is 0 Å². The smallest absolute Gasteiger partial charge is 0.284 e. The Morgan fingerprint density at radius 2 is 2.00 bits per heavy atom. The first-order valence-corrected chi connectivity index (χ1v) is 4.92. The number of imide groups is 1. The number of hydrogen-bond acceptors (Lipinski definition) is 3. The van der Waals surface area contributed by atoms with E-state index >= 15 is 0 Å². The molecule has 0 radical (unpaired) electrons. The van der Waals surface area contributed by atoms with Gasteiger partial charge in [-0.05, 0) is 25.6 Å². The van der Waals surface area contributed by atoms with Gasteiger partial charge in [-0.1, -0.05) is 5.57 Å². The lowest BCUT2D eigenvalue weighted by molar-refractivity contribution is -0.119. The Balaban J connectivity index is 3.02. The molecule has 0 aromatic heterocycles. The third kappa shape index (κ3) is 1.39. The quantitative estimate of drug-likeness (QED) is 0.403. The molecule has 3 nitrogen and oxygen atoms in total. The van der Waals surface area contributed by atoms with Crippen molar-refractivity contribution in [3.8, 4) is 0 Å². The van der Waals surface area contributed by atoms with Crippen LogP contribution in [0.15, 0.2) is 10.5 Å². The van der Waals surface area contributed by atoms with Crippen molar-refractivity contribution in [3.63, 3.8) is 0 Å². The van der Waals surface area contributed by atoms with Crippen LogP contribution in [0.4, 0.5) is 4.79 Å². The highest BCUT2D eigenvalue weighted by Gasteiger charge is 2.31. The van der Waals surface area contributed by atoms with Gasteiger partial charge in [-0.2, -0.15) is 0 Å². The van der Waals surface area contributed by atoms with Gasteiger partial charge in [0.15, 0.2) is 0 Å². The van der Waals surface area contributed by atoms with Gasteiger partial charge in [-0.3, -0.25) is 9.59 Å². The maximum absolute atomic E-state index is 11.2. The fourth-order valence-corrected chi connectivity index (χ4v) is 2.23. The first-order valence-electron chi connectivity index (χ1n) is 3.21. The van der Waals surface area contributed by atoms with E-state index in [0.29, 0.717) is 15.3 Å². The van der Waals surface area contributed by atoms with Crippen LogP contribution in [-0.2, 0) is 4.79 Å². The average molecular weight is 187 g/mol. The predicted octanol–water partition coefficient (Wildman–Crippen LogP) is 0.256. The molecule has 1 aliphatic heterocycles. The second-order valence-electron chi connectivity index (χ2n) is 2.56. The van der Waals surface area contributed by atoms with Gasteiger partial charge in [0.1, 0.15) is 10.4 Å². The van der Waals surface area contributed by atoms with Gasteiger partial charge >= 0.3 is 0 Å². The lowest BCUT2D eigenvalue weighted by atomic mass is 10.3. The summed E-state index contributed by atoms with van der Waals surface area (Å²) in [5, 5.41) is -0.127. The molecule has 2 amide bonds. The molecule has 11 heavy (non-hydrogen) atoms. The zero-order chi connectivity index (χ0) is 8.59. The van der Waals surface area contributed by atoms with Crippen LogP contribution in [0.1, 0.15) is 13.8 Å². The Morgan fingerprint density at radius 3 is 2.18 bits per heavy atom. The number of hydrogen-bond donors (Lipinski definition) is 0. The first-order chi connectivity index (χ1) is 5.04. The van der Waals surface area contributed by atoms with Crippen molar-refractivity contribution in [2.24, 2.45) is 0 Å². The standard InChI is InChI=1S/C6H9NO2SSi/c1-3(2)4-5(8)7(11)6(9)10-4/h1-2,11H3. The number of rotatable bonds is 0. The van der Waals surface area contributed by atoms with Gasteiger partial charge in [-0.25, -0.2) is 0 Å². The number of amides is 2. The zero-order valence-corrected chi connectivity index (χ0v) is 9.49. The molecular weight excluding hydrogens is 178 g/mol. The fourth-order valence-electron chi connectivity index (χ4n) is 0.751. The van der Waals surface area contributed by atoms with Gasteiger partial charge in [0, 0.05) is 0 Å². The topological polar surface area (TPSA) is 37.4 Å². The van der Waals surface area contributed by atoms with Crippen molar-refractivity contribution in [3.05, 3.63) is 10.5 Å². The second-order valence-corrected chi connectivity index (χ2v) is 4.42. The molecule has 0 spiro atoms. The molecule has 1 heterocycles. The van der Waals surface area contributed by atoms with Crippen LogP contribution in [0.3, 0.4) is 0 Å². The van der Waals surface area contributed by atoms with Gasteiger partial charge in [0.05, 0.1) is 4.91 Å². The number of carbonyl (C=O) groups excluding carboxylic acids is 2. The van der Waals surface area contributed by atoms with E-state index < -0.39 is 0 Å². The number of allylic oxidation sites excluding steroid dienone is 1. The third-order valence-corrected chi connectivity index (χ3v) is 3.79. The normalized spacial score (nSPS) is 18.4. The molecule has 0 unspecified atom stereocenters. The molecule has 60 valence electrons. The van der Waals surface area contributed by atoms with Gasteiger partial charge in [0.2, 0.25) is 0 Å². The Morgan fingerprint density at radius 1 is 1.45 bits per heavy atom. The third-order valence-electron chi connectivity index (χ3n) is 1.42. The SMILES string of the molecule is CC(C)=C1SC(=O)N([SiH3])C1=O. The molecule has 5 heteroatoms. The van der Waals surface area contributed by atoms with Crippen LogP contribution in [0.2, 0.25) is 0 Å². The van der Waals surface area contributed by atoms with Crippen LogP contribution in [0, 0.1) is 0 Å². The second kappa shape index (κ2) is 2.82. The van der Waals surface area contributed by atoms with E-state index in [4.69, 9.17) is 0 Å². The molecule has 0 saturated carbocycles. The summed E-state index contributed by atoms with van der Waals surface area (Å²) in [6.45, 7) is 3.68. The Kier molecular flexibility index (Phi) is 2.19. The number of carbonyl (C=O) groups is 2. The monoisotopic (exact) mass is 187 g/mol. The fraction of sp³-hybridized carbons (Fsp3) is 0.333. The van der Waals surface area contributed by atoms with Crippen molar-refractivity contribution in [2.45, 2.75) is 13.8 Å². The molecule has 1 rings (SSSR count). The summed E-state index contributed by atoms with van der Waals surface area (Å²) < 4.78 is 1.27. The summed E-state index contributed by atoms with van der Waals surface area (Å²) in [5.41, 5.74) is 0.923. The largest absolute Gasteiger partial charge is 0.307 e. The minimum Gasteiger partial charge on any atom is -0.307 e. The molecule has 0 bridgehead atoms. The van der Waals surface area contributed by atoms with Crippen molar-refractivity contribution >= 4 is 33.3 Å². The van der Waals surface area contributed by atoms with Crippen LogP contribution in [0.5, 0.6) is 0 Å². The minimum atomic E-state index is -0.127. The van der Waals surface area contributed by atoms with Crippen molar-refractivity contribution < 1.29 is 9.59 Å². The maximum Gasteiger partial charge on any atom is 0.284 e. The van der Waals surface area contributed by atoms with E-state index in [-0.39, 0.29) is 11.1 Å². The highest BCUT2D eigenvalue weighted by molar-refractivity contribution is 8.18. The van der Waals surface area contributed by atoms with E-state index in [1.165, 1.54) is 4.57 Å². The molecule has 1 saturated heterocycles. The van der Waals surface area contributed by atoms with Crippen LogP contribution in [0.25, 0.3) is 0 Å². The molecule has 1 fully saturated rings. The highest BCUT2D eigenvalue weighted by Crippen LogP contribution is 2.30. The van der Waals surface area contributed by atoms with Crippen molar-refractivity contribution in [1.29, 1.82) is 0 Å². The average Bonchev–Trinajstić information content (AvgIpc) is 2.17. The number of nitrogens with zero attached hydrogens (tertiary/aromatic N) is 1. The van der Waals surface area contributed by atoms with Crippen molar-refractivity contribution in [2.75, 3.05) is 0 Å². The first kappa shape index (κ1) is 8.54. The highest BCUT2D eigenvalue weighted by atomic mass is 32.2. The summed E-state index contributed by atoms with van der Waals surface area (Å²) >= 11 is 1.04. The predicted molar refractivity (Wildman–Crippen MR) is 48.1 cm³/mol. The minimum absolute atomic E-state index is 0.119. The van der Waals surface area contributed by atoms with Crippen LogP contribution < -0.4 is 0 Å². The Hall–Kier alpha value is -0.553. The van der Waals surface area contributed by atoms with Gasteiger partial charge in [-0.15, -0.1) is 0 Å². The summed E-state index contributed by atoms with van der Waals surface area (Å²) in [6.07, 6.45) is 0. The van der Waals surface area contributed by atoms with Gasteiger partial charge < -0.3 is 4.57 Å². The van der Waals surface area contributed by atoms with E-state index in [9.17, 15) is 9.59 Å². The van der Waals surface area contributed by atoms with E-state index in [0.717, 1.165) is 17.3 Å². The van der Waals surface area contributed by atoms with E-state index in [1.807, 2.05) is 13.8 Å². The van der Waals surface area contributed by atoms with Gasteiger partial charge in [0.25, 0.3) is 11.1 Å². The number of thioether (sulfide) groups is 1. The molecule has 0 aromatic rings. The molecule has 0 N–H and O–H groups in total. The molecule has 0 aliphatic carbocycles. The summed E-state index contributed by atoms with van der Waals surface area (Å²) in [5.74, 6) is -0.119.